The van der Waals surface area contributed by atoms with Crippen molar-refractivity contribution in [2.24, 2.45) is 0 Å². The van der Waals surface area contributed by atoms with Crippen molar-refractivity contribution < 1.29 is 14.3 Å². The van der Waals surface area contributed by atoms with Crippen LogP contribution in [0.5, 0.6) is 11.5 Å². The number of ether oxygens (including phenoxy) is 2. The van der Waals surface area contributed by atoms with Gasteiger partial charge in [-0.25, -0.2) is 4.98 Å². The molecule has 1 amide bonds. The van der Waals surface area contributed by atoms with E-state index in [2.05, 4.69) is 11.8 Å². The van der Waals surface area contributed by atoms with Gasteiger partial charge in [0.05, 0.1) is 23.4 Å². The number of hydrogen-bond acceptors (Lipinski definition) is 6. The number of thiazole rings is 1. The largest absolute Gasteiger partial charge is 0.494 e. The maximum absolute atomic E-state index is 13.5. The molecule has 1 heterocycles. The number of amides is 1. The Labute approximate surface area is 201 Å². The number of nitrogens with zero attached hydrogens (tertiary/aromatic N) is 3. The maximum atomic E-state index is 13.5. The van der Waals surface area contributed by atoms with Crippen molar-refractivity contribution in [1.82, 2.24) is 9.88 Å². The summed E-state index contributed by atoms with van der Waals surface area (Å²) in [5, 5.41) is 0.710. The van der Waals surface area contributed by atoms with Crippen LogP contribution in [0, 0.1) is 0 Å². The fraction of sp³-hybridized carbons (Fsp3) is 0.462. The SMILES string of the molecule is CCCCCOc1ccc(C(=O)N(CCCN(C)C)c2nc3ccc(OCC)cc3s2)cc1. The van der Waals surface area contributed by atoms with Crippen molar-refractivity contribution in [3.63, 3.8) is 0 Å². The van der Waals surface area contributed by atoms with Gasteiger partial charge in [-0.15, -0.1) is 0 Å². The number of fused-ring (bicyclic) bond motifs is 1. The van der Waals surface area contributed by atoms with Gasteiger partial charge in [0.15, 0.2) is 5.13 Å². The summed E-state index contributed by atoms with van der Waals surface area (Å²) in [5.74, 6) is 1.57. The molecule has 3 rings (SSSR count). The highest BCUT2D eigenvalue weighted by molar-refractivity contribution is 7.22. The Kier molecular flexibility index (Phi) is 9.51. The zero-order chi connectivity index (χ0) is 23.6. The maximum Gasteiger partial charge on any atom is 0.260 e. The van der Waals surface area contributed by atoms with E-state index in [9.17, 15) is 4.79 Å². The van der Waals surface area contributed by atoms with Crippen molar-refractivity contribution in [3.8, 4) is 11.5 Å². The molecule has 1 aromatic heterocycles. The molecule has 3 aromatic rings. The Morgan fingerprint density at radius 1 is 0.939 bits per heavy atom. The van der Waals surface area contributed by atoms with Crippen molar-refractivity contribution in [2.45, 2.75) is 39.5 Å². The number of unbranched alkanes of at least 4 members (excludes halogenated alkanes) is 2. The van der Waals surface area contributed by atoms with E-state index in [0.717, 1.165) is 47.5 Å². The van der Waals surface area contributed by atoms with Gasteiger partial charge >= 0.3 is 0 Å². The average Bonchev–Trinajstić information content (AvgIpc) is 3.23. The lowest BCUT2D eigenvalue weighted by atomic mass is 10.2. The predicted octanol–water partition coefficient (Wildman–Crippen LogP) is 5.86. The van der Waals surface area contributed by atoms with Gasteiger partial charge in [0, 0.05) is 12.1 Å². The quantitative estimate of drug-likeness (QED) is 0.293. The fourth-order valence-corrected chi connectivity index (χ4v) is 4.50. The van der Waals surface area contributed by atoms with Crippen LogP contribution in [-0.2, 0) is 0 Å². The third-order valence-corrected chi connectivity index (χ3v) is 6.28. The highest BCUT2D eigenvalue weighted by Gasteiger charge is 2.21. The molecule has 0 bridgehead atoms. The normalized spacial score (nSPS) is 11.2. The minimum absolute atomic E-state index is 0.0459. The molecule has 0 unspecified atom stereocenters. The van der Waals surface area contributed by atoms with Crippen LogP contribution in [0.25, 0.3) is 10.2 Å². The molecule has 0 aliphatic carbocycles. The molecule has 178 valence electrons. The van der Waals surface area contributed by atoms with Gasteiger partial charge in [0.25, 0.3) is 5.91 Å². The van der Waals surface area contributed by atoms with Crippen LogP contribution in [0.2, 0.25) is 0 Å². The van der Waals surface area contributed by atoms with Crippen LogP contribution in [0.3, 0.4) is 0 Å². The first-order chi connectivity index (χ1) is 16.0. The molecule has 0 aliphatic rings. The van der Waals surface area contributed by atoms with Gasteiger partial charge in [0.1, 0.15) is 11.5 Å². The van der Waals surface area contributed by atoms with Gasteiger partial charge in [-0.3, -0.25) is 9.69 Å². The summed E-state index contributed by atoms with van der Waals surface area (Å²) in [6, 6.07) is 13.3. The molecule has 0 fully saturated rings. The molecule has 0 spiro atoms. The summed E-state index contributed by atoms with van der Waals surface area (Å²) >= 11 is 1.52. The van der Waals surface area contributed by atoms with E-state index >= 15 is 0 Å². The second kappa shape index (κ2) is 12.6. The topological polar surface area (TPSA) is 54.9 Å². The number of carbonyl (C=O) groups is 1. The van der Waals surface area contributed by atoms with Gasteiger partial charge in [0.2, 0.25) is 0 Å². The average molecular weight is 470 g/mol. The molecule has 0 aliphatic heterocycles. The Morgan fingerprint density at radius 3 is 2.39 bits per heavy atom. The van der Waals surface area contributed by atoms with E-state index < -0.39 is 0 Å². The van der Waals surface area contributed by atoms with E-state index in [-0.39, 0.29) is 5.91 Å². The molecule has 6 nitrogen and oxygen atoms in total. The zero-order valence-corrected chi connectivity index (χ0v) is 21.0. The third kappa shape index (κ3) is 7.17. The van der Waals surface area contributed by atoms with Crippen LogP contribution in [0.1, 0.15) is 49.9 Å². The second-order valence-corrected chi connectivity index (χ2v) is 9.26. The van der Waals surface area contributed by atoms with Crippen LogP contribution in [-0.4, -0.2) is 56.2 Å². The van der Waals surface area contributed by atoms with Crippen LogP contribution < -0.4 is 14.4 Å². The zero-order valence-electron chi connectivity index (χ0n) is 20.2. The number of hydrogen-bond donors (Lipinski definition) is 0. The van der Waals surface area contributed by atoms with Crippen molar-refractivity contribution in [2.75, 3.05) is 45.3 Å². The van der Waals surface area contributed by atoms with Crippen molar-refractivity contribution >= 4 is 32.6 Å². The molecule has 0 atom stereocenters. The van der Waals surface area contributed by atoms with E-state index in [1.165, 1.54) is 17.8 Å². The lowest BCUT2D eigenvalue weighted by Gasteiger charge is -2.21. The number of carbonyl (C=O) groups excluding carboxylic acids is 1. The molecule has 2 aromatic carbocycles. The molecular weight excluding hydrogens is 434 g/mol. The summed E-state index contributed by atoms with van der Waals surface area (Å²) < 4.78 is 12.4. The van der Waals surface area contributed by atoms with Crippen molar-refractivity contribution in [1.29, 1.82) is 0 Å². The third-order valence-electron chi connectivity index (χ3n) is 5.24. The first-order valence-electron chi connectivity index (χ1n) is 11.7. The molecule has 0 N–H and O–H groups in total. The van der Waals surface area contributed by atoms with Gasteiger partial charge in [-0.2, -0.15) is 0 Å². The Balaban J connectivity index is 1.79. The molecule has 33 heavy (non-hydrogen) atoms. The van der Waals surface area contributed by atoms with E-state index in [4.69, 9.17) is 14.5 Å². The molecule has 7 heteroatoms. The van der Waals surface area contributed by atoms with Crippen LogP contribution in [0.15, 0.2) is 42.5 Å². The Bertz CT molecular complexity index is 1020. The minimum Gasteiger partial charge on any atom is -0.494 e. The number of rotatable bonds is 13. The highest BCUT2D eigenvalue weighted by atomic mass is 32.1. The highest BCUT2D eigenvalue weighted by Crippen LogP contribution is 2.32. The Morgan fingerprint density at radius 2 is 1.70 bits per heavy atom. The molecule has 0 radical (unpaired) electrons. The summed E-state index contributed by atoms with van der Waals surface area (Å²) in [6.07, 6.45) is 4.23. The first-order valence-corrected chi connectivity index (χ1v) is 12.6. The summed E-state index contributed by atoms with van der Waals surface area (Å²) in [4.78, 5) is 22.2. The molecule has 0 saturated carbocycles. The lowest BCUT2D eigenvalue weighted by molar-refractivity contribution is 0.0986. The van der Waals surface area contributed by atoms with Gasteiger partial charge < -0.3 is 14.4 Å². The van der Waals surface area contributed by atoms with Gasteiger partial charge in [-0.05, 0) is 82.9 Å². The monoisotopic (exact) mass is 469 g/mol. The number of anilines is 1. The van der Waals surface area contributed by atoms with E-state index in [1.54, 1.807) is 4.90 Å². The van der Waals surface area contributed by atoms with Crippen molar-refractivity contribution in [3.05, 3.63) is 48.0 Å². The standard InChI is InChI=1S/C26H35N3O3S/c1-5-7-8-18-32-21-12-10-20(11-13-21)25(30)29(17-9-16-28(3)4)26-27-23-15-14-22(31-6-2)19-24(23)33-26/h10-15,19H,5-9,16-18H2,1-4H3. The van der Waals surface area contributed by atoms with Gasteiger partial charge in [-0.1, -0.05) is 31.1 Å². The van der Waals surface area contributed by atoms with E-state index in [0.29, 0.717) is 30.5 Å². The summed E-state index contributed by atoms with van der Waals surface area (Å²) in [7, 11) is 4.08. The van der Waals surface area contributed by atoms with Crippen LogP contribution in [0.4, 0.5) is 5.13 Å². The second-order valence-electron chi connectivity index (χ2n) is 8.25. The summed E-state index contributed by atoms with van der Waals surface area (Å²) in [5.41, 5.74) is 1.51. The lowest BCUT2D eigenvalue weighted by Crippen LogP contribution is -2.33. The van der Waals surface area contributed by atoms with Crippen LogP contribution >= 0.6 is 11.3 Å². The molecular formula is C26H35N3O3S. The van der Waals surface area contributed by atoms with E-state index in [1.807, 2.05) is 63.5 Å². The first kappa shape index (κ1) is 25.0. The fourth-order valence-electron chi connectivity index (χ4n) is 3.49. The smallest absolute Gasteiger partial charge is 0.260 e. The summed E-state index contributed by atoms with van der Waals surface area (Å²) in [6.45, 7) is 6.96. The number of benzene rings is 2. The Hall–Kier alpha value is -2.64. The number of aromatic nitrogens is 1. The molecule has 0 saturated heterocycles. The minimum atomic E-state index is -0.0459. The predicted molar refractivity (Wildman–Crippen MR) is 137 cm³/mol.